The summed E-state index contributed by atoms with van der Waals surface area (Å²) in [5.41, 5.74) is 3.21. The van der Waals surface area contributed by atoms with Crippen molar-refractivity contribution >= 4 is 0 Å². The van der Waals surface area contributed by atoms with E-state index in [0.29, 0.717) is 6.04 Å². The molecule has 0 radical (unpaired) electrons. The molecule has 3 N–H and O–H groups in total. The Kier molecular flexibility index (Phi) is 4.35. The molecule has 2 atom stereocenters. The van der Waals surface area contributed by atoms with Crippen molar-refractivity contribution in [3.63, 3.8) is 0 Å². The molecular weight excluding hydrogens is 174 g/mol. The Morgan fingerprint density at radius 1 is 1.36 bits per heavy atom. The van der Waals surface area contributed by atoms with Gasteiger partial charge in [-0.15, -0.1) is 0 Å². The molecule has 0 aromatic rings. The molecule has 0 bridgehead atoms. The molecule has 0 aliphatic carbocycles. The van der Waals surface area contributed by atoms with Gasteiger partial charge in [-0.25, -0.2) is 0 Å². The molecule has 3 nitrogen and oxygen atoms in total. The minimum atomic E-state index is 0.236. The van der Waals surface area contributed by atoms with Crippen molar-refractivity contribution in [2.45, 2.75) is 58.0 Å². The molecule has 14 heavy (non-hydrogen) atoms. The molecule has 1 saturated heterocycles. The highest BCUT2D eigenvalue weighted by Crippen LogP contribution is 2.28. The van der Waals surface area contributed by atoms with Gasteiger partial charge in [-0.1, -0.05) is 13.8 Å². The highest BCUT2D eigenvalue weighted by molar-refractivity contribution is 4.96. The minimum Gasteiger partial charge on any atom is -0.296 e. The largest absolute Gasteiger partial charge is 0.296 e. The van der Waals surface area contributed by atoms with E-state index in [9.17, 15) is 0 Å². The standard InChI is InChI=1S/C11H25N3/c1-4-10(13-12)11(3,5-2)14-8-6-7-9-14/h10,13H,4-9,12H2,1-3H3. The van der Waals surface area contributed by atoms with Crippen LogP contribution >= 0.6 is 0 Å². The maximum atomic E-state index is 5.64. The fraction of sp³-hybridized carbons (Fsp3) is 1.00. The van der Waals surface area contributed by atoms with E-state index in [1.807, 2.05) is 0 Å². The number of nitrogens with zero attached hydrogens (tertiary/aromatic N) is 1. The first-order chi connectivity index (χ1) is 6.69. The lowest BCUT2D eigenvalue weighted by molar-refractivity contribution is 0.0824. The van der Waals surface area contributed by atoms with Crippen LogP contribution in [0.2, 0.25) is 0 Å². The smallest absolute Gasteiger partial charge is 0.0389 e. The van der Waals surface area contributed by atoms with E-state index < -0.39 is 0 Å². The van der Waals surface area contributed by atoms with E-state index in [1.165, 1.54) is 25.9 Å². The van der Waals surface area contributed by atoms with Gasteiger partial charge >= 0.3 is 0 Å². The molecular formula is C11H25N3. The Labute approximate surface area is 88.0 Å². The first-order valence-electron chi connectivity index (χ1n) is 5.90. The second-order valence-corrected chi connectivity index (χ2v) is 4.53. The van der Waals surface area contributed by atoms with Gasteiger partial charge in [-0.2, -0.15) is 0 Å². The fourth-order valence-electron chi connectivity index (χ4n) is 2.66. The number of hydrogen-bond donors (Lipinski definition) is 2. The van der Waals surface area contributed by atoms with Crippen molar-refractivity contribution in [1.29, 1.82) is 0 Å². The summed E-state index contributed by atoms with van der Waals surface area (Å²) in [4.78, 5) is 2.60. The van der Waals surface area contributed by atoms with Crippen LogP contribution < -0.4 is 11.3 Å². The number of rotatable bonds is 5. The van der Waals surface area contributed by atoms with Crippen LogP contribution in [0.25, 0.3) is 0 Å². The first kappa shape index (κ1) is 12.0. The highest BCUT2D eigenvalue weighted by Gasteiger charge is 2.37. The summed E-state index contributed by atoms with van der Waals surface area (Å²) >= 11 is 0. The van der Waals surface area contributed by atoms with Gasteiger partial charge in [0.05, 0.1) is 0 Å². The van der Waals surface area contributed by atoms with Gasteiger partial charge in [0.2, 0.25) is 0 Å². The van der Waals surface area contributed by atoms with Crippen molar-refractivity contribution in [2.75, 3.05) is 13.1 Å². The van der Waals surface area contributed by atoms with Crippen molar-refractivity contribution < 1.29 is 0 Å². The van der Waals surface area contributed by atoms with Crippen LogP contribution in [0.5, 0.6) is 0 Å². The molecule has 0 aromatic heterocycles. The van der Waals surface area contributed by atoms with E-state index in [0.717, 1.165) is 12.8 Å². The average Bonchev–Trinajstić information content (AvgIpc) is 2.72. The lowest BCUT2D eigenvalue weighted by Gasteiger charge is -2.44. The predicted molar refractivity (Wildman–Crippen MR) is 60.9 cm³/mol. The molecule has 0 aromatic carbocycles. The van der Waals surface area contributed by atoms with Gasteiger partial charge in [0, 0.05) is 11.6 Å². The summed E-state index contributed by atoms with van der Waals surface area (Å²) in [5.74, 6) is 5.64. The van der Waals surface area contributed by atoms with Gasteiger partial charge < -0.3 is 0 Å². The molecule has 1 fully saturated rings. The molecule has 0 amide bonds. The second-order valence-electron chi connectivity index (χ2n) is 4.53. The van der Waals surface area contributed by atoms with E-state index in [2.05, 4.69) is 31.1 Å². The van der Waals surface area contributed by atoms with Gasteiger partial charge in [-0.3, -0.25) is 16.2 Å². The third kappa shape index (κ3) is 2.10. The van der Waals surface area contributed by atoms with E-state index in [1.54, 1.807) is 0 Å². The lowest BCUT2D eigenvalue weighted by Crippen LogP contribution is -2.59. The van der Waals surface area contributed by atoms with E-state index in [4.69, 9.17) is 5.84 Å². The molecule has 2 unspecified atom stereocenters. The van der Waals surface area contributed by atoms with Crippen LogP contribution in [0.15, 0.2) is 0 Å². The zero-order chi connectivity index (χ0) is 10.6. The first-order valence-corrected chi connectivity index (χ1v) is 5.90. The highest BCUT2D eigenvalue weighted by atomic mass is 15.3. The van der Waals surface area contributed by atoms with Crippen LogP contribution in [0.4, 0.5) is 0 Å². The molecule has 0 saturated carbocycles. The molecule has 1 aliphatic rings. The third-order valence-electron chi connectivity index (χ3n) is 3.90. The number of nitrogens with one attached hydrogen (secondary N) is 1. The van der Waals surface area contributed by atoms with Crippen LogP contribution in [-0.2, 0) is 0 Å². The predicted octanol–water partition coefficient (Wildman–Crippen LogP) is 1.49. The summed E-state index contributed by atoms with van der Waals surface area (Å²) in [6.45, 7) is 9.28. The van der Waals surface area contributed by atoms with Crippen molar-refractivity contribution in [3.8, 4) is 0 Å². The Morgan fingerprint density at radius 3 is 2.29 bits per heavy atom. The monoisotopic (exact) mass is 199 g/mol. The van der Waals surface area contributed by atoms with Gasteiger partial charge in [0.1, 0.15) is 0 Å². The van der Waals surface area contributed by atoms with Gasteiger partial charge in [-0.05, 0) is 45.7 Å². The number of hydrogen-bond acceptors (Lipinski definition) is 3. The topological polar surface area (TPSA) is 41.3 Å². The maximum absolute atomic E-state index is 5.64. The molecule has 0 spiro atoms. The molecule has 1 rings (SSSR count). The van der Waals surface area contributed by atoms with Crippen LogP contribution in [-0.4, -0.2) is 29.6 Å². The number of nitrogens with two attached hydrogens (primary N) is 1. The summed E-state index contributed by atoms with van der Waals surface area (Å²) in [6, 6.07) is 0.408. The normalized spacial score (nSPS) is 24.9. The molecule has 3 heteroatoms. The third-order valence-corrected chi connectivity index (χ3v) is 3.90. The van der Waals surface area contributed by atoms with Crippen molar-refractivity contribution in [3.05, 3.63) is 0 Å². The Morgan fingerprint density at radius 2 is 1.93 bits per heavy atom. The molecule has 1 heterocycles. The quantitative estimate of drug-likeness (QED) is 0.521. The number of likely N-dealkylation sites (tertiary alicyclic amines) is 1. The lowest BCUT2D eigenvalue weighted by atomic mass is 9.86. The number of hydrazine groups is 1. The maximum Gasteiger partial charge on any atom is 0.0389 e. The summed E-state index contributed by atoms with van der Waals surface area (Å²) in [6.07, 6.45) is 4.94. The molecule has 84 valence electrons. The summed E-state index contributed by atoms with van der Waals surface area (Å²) < 4.78 is 0. The minimum absolute atomic E-state index is 0.236. The van der Waals surface area contributed by atoms with Crippen LogP contribution in [0.3, 0.4) is 0 Å². The average molecular weight is 199 g/mol. The van der Waals surface area contributed by atoms with Crippen LogP contribution in [0.1, 0.15) is 46.5 Å². The zero-order valence-electron chi connectivity index (χ0n) is 9.84. The summed E-state index contributed by atoms with van der Waals surface area (Å²) in [7, 11) is 0. The zero-order valence-corrected chi connectivity index (χ0v) is 9.84. The van der Waals surface area contributed by atoms with Crippen molar-refractivity contribution in [2.24, 2.45) is 5.84 Å². The SMILES string of the molecule is CCC(NN)C(C)(CC)N1CCCC1. The second kappa shape index (κ2) is 5.10. The fourth-order valence-corrected chi connectivity index (χ4v) is 2.66. The molecule has 1 aliphatic heterocycles. The Balaban J connectivity index is 2.71. The Bertz CT molecular complexity index is 158. The van der Waals surface area contributed by atoms with E-state index in [-0.39, 0.29) is 5.54 Å². The van der Waals surface area contributed by atoms with Gasteiger partial charge in [0.15, 0.2) is 0 Å². The van der Waals surface area contributed by atoms with Gasteiger partial charge in [0.25, 0.3) is 0 Å². The Hall–Kier alpha value is -0.120. The summed E-state index contributed by atoms with van der Waals surface area (Å²) in [5, 5.41) is 0. The van der Waals surface area contributed by atoms with Crippen LogP contribution in [0, 0.1) is 0 Å². The van der Waals surface area contributed by atoms with Crippen molar-refractivity contribution in [1.82, 2.24) is 10.3 Å². The van der Waals surface area contributed by atoms with E-state index >= 15 is 0 Å².